The summed E-state index contributed by atoms with van der Waals surface area (Å²) in [5.74, 6) is 1.04. The van der Waals surface area contributed by atoms with Crippen LogP contribution in [0, 0.1) is 18.8 Å². The predicted octanol–water partition coefficient (Wildman–Crippen LogP) is 2.92. The number of carbonyl (C=O) groups is 1. The highest BCUT2D eigenvalue weighted by molar-refractivity contribution is 7.93. The number of carbonyl (C=O) groups excluding carboxylic acids is 1. The van der Waals surface area contributed by atoms with Crippen molar-refractivity contribution in [3.05, 3.63) is 23.8 Å². The molecule has 2 aliphatic heterocycles. The Bertz CT molecular complexity index is 763. The highest BCUT2D eigenvalue weighted by atomic mass is 35.5. The molecule has 2 aliphatic rings. The molecule has 0 spiro atoms. The summed E-state index contributed by atoms with van der Waals surface area (Å²) < 4.78 is 25.9. The van der Waals surface area contributed by atoms with E-state index in [1.54, 1.807) is 6.07 Å². The third-order valence-corrected chi connectivity index (χ3v) is 7.36. The minimum atomic E-state index is -3.23. The van der Waals surface area contributed by atoms with Gasteiger partial charge in [0.2, 0.25) is 15.9 Å². The highest BCUT2D eigenvalue weighted by Crippen LogP contribution is 2.30. The van der Waals surface area contributed by atoms with Crippen molar-refractivity contribution >= 4 is 39.7 Å². The number of aryl methyl sites for hydroxylation is 1. The molecule has 8 heteroatoms. The zero-order chi connectivity index (χ0) is 18.7. The zero-order valence-electron chi connectivity index (χ0n) is 16.0. The maximum absolute atomic E-state index is 12.4. The first kappa shape index (κ1) is 22.0. The number of benzene rings is 1. The number of halogens is 1. The normalized spacial score (nSPS) is 22.7. The van der Waals surface area contributed by atoms with Crippen LogP contribution in [0.2, 0.25) is 0 Å². The first-order chi connectivity index (χ1) is 12.4. The Morgan fingerprint density at radius 2 is 2.15 bits per heavy atom. The molecule has 6 nitrogen and oxygen atoms in total. The number of hydrogen-bond donors (Lipinski definition) is 2. The van der Waals surface area contributed by atoms with E-state index in [1.807, 2.05) is 19.1 Å². The molecule has 1 aromatic rings. The number of amides is 1. The molecule has 2 atom stereocenters. The van der Waals surface area contributed by atoms with Crippen molar-refractivity contribution in [2.45, 2.75) is 39.5 Å². The summed E-state index contributed by atoms with van der Waals surface area (Å²) in [7, 11) is -3.23. The van der Waals surface area contributed by atoms with Gasteiger partial charge in [0.1, 0.15) is 0 Å². The number of sulfonamides is 1. The van der Waals surface area contributed by atoms with Gasteiger partial charge in [0, 0.05) is 18.7 Å². The molecule has 27 heavy (non-hydrogen) atoms. The lowest BCUT2D eigenvalue weighted by molar-refractivity contribution is -0.117. The summed E-state index contributed by atoms with van der Waals surface area (Å²) in [6, 6.07) is 5.49. The molecule has 2 heterocycles. The molecule has 2 fully saturated rings. The molecule has 0 radical (unpaired) electrons. The Morgan fingerprint density at radius 3 is 2.78 bits per heavy atom. The van der Waals surface area contributed by atoms with Crippen molar-refractivity contribution in [2.24, 2.45) is 11.8 Å². The van der Waals surface area contributed by atoms with Crippen molar-refractivity contribution in [3.8, 4) is 0 Å². The van der Waals surface area contributed by atoms with E-state index in [0.29, 0.717) is 42.6 Å². The lowest BCUT2D eigenvalue weighted by Gasteiger charge is -2.28. The SMILES string of the molecule is Cc1ccc(NC(=O)CC(C)C2CCCNC2)cc1N1CCCS1(=O)=O.Cl. The van der Waals surface area contributed by atoms with Crippen LogP contribution < -0.4 is 14.9 Å². The van der Waals surface area contributed by atoms with Gasteiger partial charge >= 0.3 is 0 Å². The van der Waals surface area contributed by atoms with Gasteiger partial charge in [-0.2, -0.15) is 0 Å². The molecule has 0 aliphatic carbocycles. The van der Waals surface area contributed by atoms with E-state index in [4.69, 9.17) is 0 Å². The minimum absolute atomic E-state index is 0. The molecule has 2 saturated heterocycles. The highest BCUT2D eigenvalue weighted by Gasteiger charge is 2.29. The van der Waals surface area contributed by atoms with E-state index in [1.165, 1.54) is 17.1 Å². The monoisotopic (exact) mass is 415 g/mol. The van der Waals surface area contributed by atoms with Crippen molar-refractivity contribution in [1.29, 1.82) is 0 Å². The molecule has 0 aromatic heterocycles. The van der Waals surface area contributed by atoms with Gasteiger partial charge in [-0.3, -0.25) is 9.10 Å². The minimum Gasteiger partial charge on any atom is -0.326 e. The van der Waals surface area contributed by atoms with E-state index in [9.17, 15) is 13.2 Å². The number of anilines is 2. The summed E-state index contributed by atoms with van der Waals surface area (Å²) in [6.45, 7) is 6.59. The van der Waals surface area contributed by atoms with Gasteiger partial charge in [0.05, 0.1) is 11.4 Å². The summed E-state index contributed by atoms with van der Waals surface area (Å²) in [4.78, 5) is 12.4. The number of nitrogens with zero attached hydrogens (tertiary/aromatic N) is 1. The molecule has 152 valence electrons. The van der Waals surface area contributed by atoms with Crippen LogP contribution in [0.4, 0.5) is 11.4 Å². The quantitative estimate of drug-likeness (QED) is 0.774. The van der Waals surface area contributed by atoms with Crippen molar-refractivity contribution < 1.29 is 13.2 Å². The molecular formula is C19H30ClN3O3S. The van der Waals surface area contributed by atoms with Crippen molar-refractivity contribution in [1.82, 2.24) is 5.32 Å². The van der Waals surface area contributed by atoms with Crippen molar-refractivity contribution in [2.75, 3.05) is 35.0 Å². The second-order valence-corrected chi connectivity index (χ2v) is 9.59. The van der Waals surface area contributed by atoms with Crippen LogP contribution in [0.3, 0.4) is 0 Å². The third-order valence-electron chi connectivity index (χ3n) is 5.51. The summed E-state index contributed by atoms with van der Waals surface area (Å²) in [5, 5.41) is 6.35. The van der Waals surface area contributed by atoms with E-state index in [0.717, 1.165) is 18.7 Å². The Morgan fingerprint density at radius 1 is 1.37 bits per heavy atom. The topological polar surface area (TPSA) is 78.5 Å². The fourth-order valence-electron chi connectivity index (χ4n) is 3.90. The second-order valence-electron chi connectivity index (χ2n) is 7.58. The predicted molar refractivity (Wildman–Crippen MR) is 112 cm³/mol. The van der Waals surface area contributed by atoms with Gasteiger partial charge in [-0.25, -0.2) is 8.42 Å². The van der Waals surface area contributed by atoms with Gasteiger partial charge in [-0.15, -0.1) is 12.4 Å². The lowest BCUT2D eigenvalue weighted by Crippen LogP contribution is -2.34. The zero-order valence-corrected chi connectivity index (χ0v) is 17.7. The molecule has 2 N–H and O–H groups in total. The fraction of sp³-hybridized carbons (Fsp3) is 0.632. The molecule has 1 aromatic carbocycles. The van der Waals surface area contributed by atoms with Gasteiger partial charge < -0.3 is 10.6 Å². The maximum Gasteiger partial charge on any atom is 0.235 e. The number of piperidine rings is 1. The largest absolute Gasteiger partial charge is 0.326 e. The van der Waals surface area contributed by atoms with E-state index < -0.39 is 10.0 Å². The third kappa shape index (κ3) is 5.36. The second kappa shape index (κ2) is 9.26. The van der Waals surface area contributed by atoms with E-state index >= 15 is 0 Å². The Labute approximate surface area is 168 Å². The molecule has 0 saturated carbocycles. The Balaban J connectivity index is 0.00000261. The first-order valence-electron chi connectivity index (χ1n) is 9.48. The Hall–Kier alpha value is -1.31. The smallest absolute Gasteiger partial charge is 0.235 e. The summed E-state index contributed by atoms with van der Waals surface area (Å²) in [5.41, 5.74) is 2.23. The van der Waals surface area contributed by atoms with Gasteiger partial charge in [-0.05, 0) is 68.8 Å². The Kier molecular flexibility index (Phi) is 7.54. The average Bonchev–Trinajstić information content (AvgIpc) is 2.96. The standard InChI is InChI=1S/C19H29N3O3S.ClH/c1-14-6-7-17(12-18(14)22-9-4-10-26(22,24)25)21-19(23)11-15(2)16-5-3-8-20-13-16;/h6-7,12,15-16,20H,3-5,8-11,13H2,1-2H3,(H,21,23);1H. The molecular weight excluding hydrogens is 386 g/mol. The number of hydrogen-bond acceptors (Lipinski definition) is 4. The first-order valence-corrected chi connectivity index (χ1v) is 11.1. The molecule has 3 rings (SSSR count). The van der Waals surface area contributed by atoms with E-state index in [2.05, 4.69) is 17.6 Å². The summed E-state index contributed by atoms with van der Waals surface area (Å²) >= 11 is 0. The number of rotatable bonds is 5. The average molecular weight is 416 g/mol. The molecule has 1 amide bonds. The van der Waals surface area contributed by atoms with Gasteiger partial charge in [-0.1, -0.05) is 13.0 Å². The van der Waals surface area contributed by atoms with Crippen molar-refractivity contribution in [3.63, 3.8) is 0 Å². The molecule has 0 bridgehead atoms. The fourth-order valence-corrected chi connectivity index (χ4v) is 5.52. The van der Waals surface area contributed by atoms with Crippen LogP contribution in [0.15, 0.2) is 18.2 Å². The molecule has 2 unspecified atom stereocenters. The van der Waals surface area contributed by atoms with Crippen LogP contribution in [0.25, 0.3) is 0 Å². The van der Waals surface area contributed by atoms with Gasteiger partial charge in [0.15, 0.2) is 0 Å². The number of nitrogens with one attached hydrogen (secondary N) is 2. The van der Waals surface area contributed by atoms with Crippen LogP contribution in [-0.2, 0) is 14.8 Å². The van der Waals surface area contributed by atoms with Crippen LogP contribution >= 0.6 is 12.4 Å². The van der Waals surface area contributed by atoms with Crippen LogP contribution in [0.5, 0.6) is 0 Å². The summed E-state index contributed by atoms with van der Waals surface area (Å²) in [6.07, 6.45) is 3.47. The van der Waals surface area contributed by atoms with Crippen LogP contribution in [0.1, 0.15) is 38.2 Å². The van der Waals surface area contributed by atoms with E-state index in [-0.39, 0.29) is 24.1 Å². The van der Waals surface area contributed by atoms with Gasteiger partial charge in [0.25, 0.3) is 0 Å². The van der Waals surface area contributed by atoms with Crippen LogP contribution in [-0.4, -0.2) is 39.7 Å². The maximum atomic E-state index is 12.4. The lowest BCUT2D eigenvalue weighted by atomic mass is 9.85.